The van der Waals surface area contributed by atoms with Gasteiger partial charge in [-0.15, -0.1) is 0 Å². The Morgan fingerprint density at radius 1 is 1.31 bits per heavy atom. The van der Waals surface area contributed by atoms with E-state index in [9.17, 15) is 17.6 Å². The Kier molecular flexibility index (Phi) is 4.46. The molecule has 0 saturated carbocycles. The topological polar surface area (TPSA) is 9.23 Å². The molecule has 16 heavy (non-hydrogen) atoms. The second-order valence-corrected chi connectivity index (χ2v) is 3.53. The Balaban J connectivity index is 2.77. The maximum atomic E-state index is 12.6. The minimum atomic E-state index is -4.46. The van der Waals surface area contributed by atoms with Crippen LogP contribution in [0, 0.1) is 0 Å². The molecular weight excluding hydrogens is 244 g/mol. The molecule has 90 valence electrons. The minimum Gasteiger partial charge on any atom is -0.428 e. The zero-order chi connectivity index (χ0) is 12.2. The van der Waals surface area contributed by atoms with E-state index in [2.05, 4.69) is 17.4 Å². The molecule has 0 radical (unpaired) electrons. The monoisotopic (exact) mass is 254 g/mol. The summed E-state index contributed by atoms with van der Waals surface area (Å²) in [6, 6.07) is 5.66. The smallest absolute Gasteiger partial charge is 0.428 e. The molecular formula is C10H10F4OS. The summed E-state index contributed by atoms with van der Waals surface area (Å²) in [5, 5.41) is 0. The standard InChI is InChI=1S/C10H10F4OS/c11-9(12)10(13,14)15-8-3-1-2-7(6-8)4-5-16/h1-3,6,9,16H,4-5H2. The Morgan fingerprint density at radius 3 is 2.56 bits per heavy atom. The number of hydrogen-bond donors (Lipinski definition) is 1. The maximum Gasteiger partial charge on any atom is 0.461 e. The van der Waals surface area contributed by atoms with E-state index in [0.29, 0.717) is 17.7 Å². The molecule has 0 aromatic heterocycles. The van der Waals surface area contributed by atoms with Crippen LogP contribution >= 0.6 is 12.6 Å². The van der Waals surface area contributed by atoms with E-state index in [1.54, 1.807) is 6.07 Å². The third kappa shape index (κ3) is 3.59. The predicted molar refractivity (Wildman–Crippen MR) is 55.6 cm³/mol. The van der Waals surface area contributed by atoms with Crippen LogP contribution in [0.1, 0.15) is 5.56 Å². The first-order chi connectivity index (χ1) is 7.45. The molecule has 0 fully saturated rings. The second kappa shape index (κ2) is 5.43. The van der Waals surface area contributed by atoms with Gasteiger partial charge in [-0.1, -0.05) is 12.1 Å². The van der Waals surface area contributed by atoms with Crippen molar-refractivity contribution in [2.45, 2.75) is 19.0 Å². The van der Waals surface area contributed by atoms with Gasteiger partial charge in [-0.3, -0.25) is 0 Å². The van der Waals surface area contributed by atoms with Crippen molar-refractivity contribution in [3.8, 4) is 5.75 Å². The summed E-state index contributed by atoms with van der Waals surface area (Å²) in [6.45, 7) is 0. The molecule has 0 saturated heterocycles. The number of halogens is 4. The summed E-state index contributed by atoms with van der Waals surface area (Å²) in [5.41, 5.74) is 0.706. The van der Waals surface area contributed by atoms with Gasteiger partial charge in [0.2, 0.25) is 0 Å². The Morgan fingerprint density at radius 2 is 2.00 bits per heavy atom. The number of aryl methyl sites for hydroxylation is 1. The molecule has 0 unspecified atom stereocenters. The Bertz CT molecular complexity index is 343. The fourth-order valence-corrected chi connectivity index (χ4v) is 1.35. The van der Waals surface area contributed by atoms with Crippen LogP contribution in [0.25, 0.3) is 0 Å². The van der Waals surface area contributed by atoms with Crippen LogP contribution in [0.4, 0.5) is 17.6 Å². The largest absolute Gasteiger partial charge is 0.461 e. The van der Waals surface area contributed by atoms with Gasteiger partial charge in [0.15, 0.2) is 0 Å². The fourth-order valence-electron chi connectivity index (χ4n) is 1.10. The van der Waals surface area contributed by atoms with Crippen molar-refractivity contribution in [1.29, 1.82) is 0 Å². The number of benzene rings is 1. The number of ether oxygens (including phenoxy) is 1. The van der Waals surface area contributed by atoms with E-state index in [4.69, 9.17) is 0 Å². The van der Waals surface area contributed by atoms with Crippen LogP contribution in [0.2, 0.25) is 0 Å². The number of hydrogen-bond acceptors (Lipinski definition) is 2. The van der Waals surface area contributed by atoms with E-state index >= 15 is 0 Å². The van der Waals surface area contributed by atoms with Crippen molar-refractivity contribution in [2.24, 2.45) is 0 Å². The molecule has 0 heterocycles. The van der Waals surface area contributed by atoms with Gasteiger partial charge in [-0.05, 0) is 29.9 Å². The summed E-state index contributed by atoms with van der Waals surface area (Å²) >= 11 is 3.98. The summed E-state index contributed by atoms with van der Waals surface area (Å²) in [7, 11) is 0. The highest BCUT2D eigenvalue weighted by Crippen LogP contribution is 2.27. The van der Waals surface area contributed by atoms with E-state index in [1.807, 2.05) is 0 Å². The van der Waals surface area contributed by atoms with Gasteiger partial charge >= 0.3 is 12.5 Å². The quantitative estimate of drug-likeness (QED) is 0.626. The minimum absolute atomic E-state index is 0.274. The molecule has 1 aromatic carbocycles. The molecule has 0 spiro atoms. The van der Waals surface area contributed by atoms with Crippen molar-refractivity contribution < 1.29 is 22.3 Å². The van der Waals surface area contributed by atoms with Crippen molar-refractivity contribution >= 4 is 12.6 Å². The van der Waals surface area contributed by atoms with Gasteiger partial charge in [-0.25, -0.2) is 0 Å². The van der Waals surface area contributed by atoms with E-state index in [0.717, 1.165) is 0 Å². The first-order valence-corrected chi connectivity index (χ1v) is 5.13. The molecule has 6 heteroatoms. The Labute approximate surface area is 95.8 Å². The number of alkyl halides is 4. The third-order valence-corrected chi connectivity index (χ3v) is 2.03. The predicted octanol–water partition coefficient (Wildman–Crippen LogP) is 3.40. The lowest BCUT2D eigenvalue weighted by Crippen LogP contribution is -2.33. The summed E-state index contributed by atoms with van der Waals surface area (Å²) in [4.78, 5) is 0. The molecule has 0 aliphatic rings. The number of thiol groups is 1. The zero-order valence-electron chi connectivity index (χ0n) is 8.17. The molecule has 0 aliphatic heterocycles. The van der Waals surface area contributed by atoms with Crippen LogP contribution in [0.5, 0.6) is 5.75 Å². The van der Waals surface area contributed by atoms with Gasteiger partial charge in [0.25, 0.3) is 0 Å². The number of rotatable bonds is 5. The fraction of sp³-hybridized carbons (Fsp3) is 0.400. The summed E-state index contributed by atoms with van der Waals surface area (Å²) in [6.07, 6.45) is -7.75. The van der Waals surface area contributed by atoms with E-state index < -0.39 is 12.5 Å². The first kappa shape index (κ1) is 13.2. The lowest BCUT2D eigenvalue weighted by molar-refractivity contribution is -0.253. The SMILES string of the molecule is FC(F)C(F)(F)Oc1cccc(CCS)c1. The highest BCUT2D eigenvalue weighted by molar-refractivity contribution is 7.80. The van der Waals surface area contributed by atoms with Gasteiger partial charge < -0.3 is 4.74 Å². The lowest BCUT2D eigenvalue weighted by atomic mass is 10.2. The van der Waals surface area contributed by atoms with E-state index in [1.165, 1.54) is 18.2 Å². The van der Waals surface area contributed by atoms with Crippen molar-refractivity contribution in [3.05, 3.63) is 29.8 Å². The Hall–Kier alpha value is -0.910. The average molecular weight is 254 g/mol. The average Bonchev–Trinajstić information content (AvgIpc) is 2.17. The van der Waals surface area contributed by atoms with E-state index in [-0.39, 0.29) is 5.75 Å². The van der Waals surface area contributed by atoms with Crippen molar-refractivity contribution in [2.75, 3.05) is 5.75 Å². The highest BCUT2D eigenvalue weighted by atomic mass is 32.1. The molecule has 1 rings (SSSR count). The highest BCUT2D eigenvalue weighted by Gasteiger charge is 2.43. The van der Waals surface area contributed by atoms with Crippen LogP contribution in [0.3, 0.4) is 0 Å². The lowest BCUT2D eigenvalue weighted by Gasteiger charge is -2.17. The maximum absolute atomic E-state index is 12.6. The van der Waals surface area contributed by atoms with Crippen LogP contribution < -0.4 is 4.74 Å². The molecule has 0 atom stereocenters. The molecule has 0 amide bonds. The normalized spacial score (nSPS) is 11.9. The summed E-state index contributed by atoms with van der Waals surface area (Å²) in [5.74, 6) is 0.263. The van der Waals surface area contributed by atoms with Gasteiger partial charge in [0.05, 0.1) is 0 Å². The van der Waals surface area contributed by atoms with Crippen LogP contribution in [0.15, 0.2) is 24.3 Å². The third-order valence-electron chi connectivity index (χ3n) is 1.81. The molecule has 0 aliphatic carbocycles. The molecule has 1 nitrogen and oxygen atoms in total. The second-order valence-electron chi connectivity index (χ2n) is 3.09. The van der Waals surface area contributed by atoms with Gasteiger partial charge in [0.1, 0.15) is 5.75 Å². The van der Waals surface area contributed by atoms with Crippen molar-refractivity contribution in [1.82, 2.24) is 0 Å². The van der Waals surface area contributed by atoms with Crippen LogP contribution in [-0.2, 0) is 6.42 Å². The summed E-state index contributed by atoms with van der Waals surface area (Å²) < 4.78 is 52.8. The first-order valence-electron chi connectivity index (χ1n) is 4.50. The molecule has 1 aromatic rings. The zero-order valence-corrected chi connectivity index (χ0v) is 9.06. The van der Waals surface area contributed by atoms with Crippen molar-refractivity contribution in [3.63, 3.8) is 0 Å². The van der Waals surface area contributed by atoms with Crippen LogP contribution in [-0.4, -0.2) is 18.3 Å². The molecule has 0 N–H and O–H groups in total. The molecule has 0 bridgehead atoms. The van der Waals surface area contributed by atoms with Gasteiger partial charge in [-0.2, -0.15) is 30.2 Å². The van der Waals surface area contributed by atoms with Gasteiger partial charge in [0, 0.05) is 0 Å².